The maximum Gasteiger partial charge on any atom is 0.407 e. The lowest BCUT2D eigenvalue weighted by Gasteiger charge is -2.37. The summed E-state index contributed by atoms with van der Waals surface area (Å²) in [5, 5.41) is 5.69. The molecule has 1 aromatic heterocycles. The molecule has 1 aliphatic carbocycles. The smallest absolute Gasteiger partial charge is 0.407 e. The summed E-state index contributed by atoms with van der Waals surface area (Å²) in [6.45, 7) is 16.0. The van der Waals surface area contributed by atoms with Gasteiger partial charge in [-0.3, -0.25) is 9.59 Å². The third-order valence-corrected chi connectivity index (χ3v) is 15.7. The first-order valence-corrected chi connectivity index (χ1v) is 25.6. The zero-order valence-electron chi connectivity index (χ0n) is 42.3. The topological polar surface area (TPSA) is 158 Å². The van der Waals surface area contributed by atoms with Gasteiger partial charge in [0.05, 0.1) is 55.5 Å². The van der Waals surface area contributed by atoms with E-state index in [1.165, 1.54) is 36.6 Å². The number of aromatic nitrogens is 2. The molecule has 0 spiro atoms. The number of rotatable bonds is 15. The predicted molar refractivity (Wildman–Crippen MR) is 270 cm³/mol. The molecular formula is C55H75N7O7. The molecule has 0 bridgehead atoms. The molecule has 8 rings (SSSR count). The predicted octanol–water partition coefficient (Wildman–Crippen LogP) is 10.4. The van der Waals surface area contributed by atoms with E-state index < -0.39 is 23.8 Å². The van der Waals surface area contributed by atoms with Crippen molar-refractivity contribution in [2.24, 2.45) is 23.7 Å². The van der Waals surface area contributed by atoms with E-state index in [1.54, 1.807) is 6.92 Å². The number of methoxy groups -OCH3 is 2. The van der Waals surface area contributed by atoms with Crippen molar-refractivity contribution in [2.75, 3.05) is 43.7 Å². The van der Waals surface area contributed by atoms with Crippen LogP contribution < -0.4 is 25.2 Å². The number of carbonyl (C=O) groups excluding carboxylic acids is 4. The first-order valence-electron chi connectivity index (χ1n) is 25.6. The first kappa shape index (κ1) is 49.6. The van der Waals surface area contributed by atoms with Gasteiger partial charge in [-0.25, -0.2) is 14.6 Å². The second-order valence-electron chi connectivity index (χ2n) is 21.1. The third-order valence-electron chi connectivity index (χ3n) is 15.7. The van der Waals surface area contributed by atoms with Gasteiger partial charge in [0.25, 0.3) is 0 Å². The van der Waals surface area contributed by atoms with Crippen LogP contribution in [0.3, 0.4) is 0 Å². The van der Waals surface area contributed by atoms with Gasteiger partial charge >= 0.3 is 12.2 Å². The number of nitrogens with one attached hydrogen (secondary N) is 3. The minimum Gasteiger partial charge on any atom is -0.491 e. The van der Waals surface area contributed by atoms with Crippen LogP contribution in [0.5, 0.6) is 5.75 Å². The van der Waals surface area contributed by atoms with Crippen LogP contribution in [0.2, 0.25) is 0 Å². The number of alkyl carbamates (subject to hydrolysis) is 2. The van der Waals surface area contributed by atoms with Gasteiger partial charge < -0.3 is 44.5 Å². The maximum absolute atomic E-state index is 14.2. The van der Waals surface area contributed by atoms with E-state index in [0.717, 1.165) is 106 Å². The monoisotopic (exact) mass is 946 g/mol. The van der Waals surface area contributed by atoms with Crippen molar-refractivity contribution >= 4 is 46.3 Å². The van der Waals surface area contributed by atoms with E-state index in [2.05, 4.69) is 86.1 Å². The SMILES string of the molecule is COC(=O)N[C@H](C(=O)[C@@H]1CCCCC[C@H]1CN1CCc2cc([C@H]3CC[C@H](c4ccc5nc([C@@H]6CCCN6C(=O)[C@](C)(NC(=O)OC)C(C)C)[nH]c5c4)N3c3ccc(OC(C)C)cc3)ccc21)C(C)C. The Morgan fingerprint density at radius 1 is 0.783 bits per heavy atom. The number of nitrogens with zero attached hydrogens (tertiary/aromatic N) is 4. The Morgan fingerprint density at radius 3 is 2.16 bits per heavy atom. The number of imidazole rings is 1. The Hall–Kier alpha value is -5.79. The number of amides is 3. The molecule has 3 fully saturated rings. The second kappa shape index (κ2) is 21.1. The molecule has 14 nitrogen and oxygen atoms in total. The minimum absolute atomic E-state index is 0.0351. The van der Waals surface area contributed by atoms with Gasteiger partial charge in [0.2, 0.25) is 5.91 Å². The molecule has 0 radical (unpaired) electrons. The lowest BCUT2D eigenvalue weighted by molar-refractivity contribution is -0.140. The van der Waals surface area contributed by atoms with Gasteiger partial charge in [0, 0.05) is 36.9 Å². The number of hydrogen-bond donors (Lipinski definition) is 3. The summed E-state index contributed by atoms with van der Waals surface area (Å²) in [5.41, 5.74) is 6.87. The Labute approximate surface area is 408 Å². The average molecular weight is 946 g/mol. The first-order chi connectivity index (χ1) is 33.1. The zero-order chi connectivity index (χ0) is 49.1. The summed E-state index contributed by atoms with van der Waals surface area (Å²) in [4.78, 5) is 68.8. The average Bonchev–Trinajstić information content (AvgIpc) is 4.14. The lowest BCUT2D eigenvalue weighted by Crippen LogP contribution is -2.60. The van der Waals surface area contributed by atoms with Crippen molar-refractivity contribution in [1.82, 2.24) is 25.5 Å². The Kier molecular flexibility index (Phi) is 15.1. The molecule has 3 N–H and O–H groups in total. The van der Waals surface area contributed by atoms with E-state index in [1.807, 2.05) is 46.4 Å². The normalized spacial score (nSPS) is 23.0. The summed E-state index contributed by atoms with van der Waals surface area (Å²) in [7, 11) is 2.66. The number of carbonyl (C=O) groups is 4. The highest BCUT2D eigenvalue weighted by molar-refractivity contribution is 5.91. The minimum atomic E-state index is -1.14. The molecule has 4 heterocycles. The van der Waals surface area contributed by atoms with E-state index >= 15 is 0 Å². The molecule has 2 saturated heterocycles. The van der Waals surface area contributed by atoms with Gasteiger partial charge in [0.15, 0.2) is 5.78 Å². The van der Waals surface area contributed by atoms with Crippen molar-refractivity contribution < 1.29 is 33.4 Å². The van der Waals surface area contributed by atoms with Crippen LogP contribution >= 0.6 is 0 Å². The van der Waals surface area contributed by atoms with Gasteiger partial charge in [-0.15, -0.1) is 0 Å². The number of benzene rings is 3. The molecule has 7 atom stereocenters. The Balaban J connectivity index is 1.05. The van der Waals surface area contributed by atoms with E-state index in [9.17, 15) is 19.2 Å². The summed E-state index contributed by atoms with van der Waals surface area (Å²) >= 11 is 0. The molecule has 1 saturated carbocycles. The lowest BCUT2D eigenvalue weighted by atomic mass is 9.79. The quantitative estimate of drug-likeness (QED) is 0.0980. The van der Waals surface area contributed by atoms with Crippen LogP contribution in [-0.2, 0) is 25.5 Å². The second-order valence-corrected chi connectivity index (χ2v) is 21.1. The van der Waals surface area contributed by atoms with Gasteiger partial charge in [0.1, 0.15) is 17.1 Å². The molecule has 3 amide bonds. The van der Waals surface area contributed by atoms with Crippen LogP contribution in [0.1, 0.15) is 147 Å². The number of likely N-dealkylation sites (tertiary alicyclic amines) is 1. The van der Waals surface area contributed by atoms with Gasteiger partial charge in [-0.05, 0) is 143 Å². The highest BCUT2D eigenvalue weighted by Crippen LogP contribution is 2.49. The molecule has 4 aliphatic rings. The number of hydrogen-bond acceptors (Lipinski definition) is 10. The maximum atomic E-state index is 14.2. The van der Waals surface area contributed by atoms with Crippen molar-refractivity contribution in [2.45, 2.75) is 148 Å². The number of anilines is 2. The third kappa shape index (κ3) is 10.4. The van der Waals surface area contributed by atoms with Crippen LogP contribution in [0.4, 0.5) is 21.0 Å². The van der Waals surface area contributed by atoms with Gasteiger partial charge in [-0.1, -0.05) is 65.2 Å². The largest absolute Gasteiger partial charge is 0.491 e. The number of fused-ring (bicyclic) bond motifs is 2. The van der Waals surface area contributed by atoms with Gasteiger partial charge in [-0.2, -0.15) is 0 Å². The highest BCUT2D eigenvalue weighted by Gasteiger charge is 2.46. The van der Waals surface area contributed by atoms with Crippen molar-refractivity contribution in [3.05, 3.63) is 83.2 Å². The van der Waals surface area contributed by atoms with Crippen LogP contribution in [0.25, 0.3) is 11.0 Å². The van der Waals surface area contributed by atoms with E-state index in [-0.39, 0.29) is 59.6 Å². The van der Waals surface area contributed by atoms with Crippen molar-refractivity contribution in [3.8, 4) is 5.75 Å². The summed E-state index contributed by atoms with van der Waals surface area (Å²) in [6.07, 6.45) is 8.48. The Morgan fingerprint density at radius 2 is 1.48 bits per heavy atom. The molecule has 69 heavy (non-hydrogen) atoms. The van der Waals surface area contributed by atoms with Crippen LogP contribution in [0.15, 0.2) is 60.7 Å². The fraction of sp³-hybridized carbons (Fsp3) is 0.582. The molecule has 372 valence electrons. The van der Waals surface area contributed by atoms with Crippen molar-refractivity contribution in [1.29, 1.82) is 0 Å². The fourth-order valence-corrected chi connectivity index (χ4v) is 11.6. The molecule has 14 heteroatoms. The summed E-state index contributed by atoms with van der Waals surface area (Å²) in [6, 6.07) is 21.5. The van der Waals surface area contributed by atoms with E-state index in [0.29, 0.717) is 6.54 Å². The molecule has 3 aromatic carbocycles. The molecule has 0 unspecified atom stereocenters. The number of ether oxygens (including phenoxy) is 3. The summed E-state index contributed by atoms with van der Waals surface area (Å²) in [5.74, 6) is 1.48. The van der Waals surface area contributed by atoms with Crippen LogP contribution in [-0.4, -0.2) is 90.3 Å². The molecule has 4 aromatic rings. The molecule has 3 aliphatic heterocycles. The van der Waals surface area contributed by atoms with Crippen molar-refractivity contribution in [3.63, 3.8) is 0 Å². The summed E-state index contributed by atoms with van der Waals surface area (Å²) < 4.78 is 15.9. The number of Topliss-reactive ketones (excluding diaryl/α,β-unsaturated/α-hetero) is 1. The highest BCUT2D eigenvalue weighted by atomic mass is 16.5. The number of ketones is 1. The fourth-order valence-electron chi connectivity index (χ4n) is 11.6. The number of aromatic amines is 1. The Bertz CT molecular complexity index is 2470. The zero-order valence-corrected chi connectivity index (χ0v) is 42.3. The molecular weight excluding hydrogens is 871 g/mol. The number of H-pyrrole nitrogens is 1. The van der Waals surface area contributed by atoms with E-state index in [4.69, 9.17) is 19.2 Å². The van der Waals surface area contributed by atoms with Crippen LogP contribution in [0, 0.1) is 23.7 Å². The standard InChI is InChI=1S/C55H75N7O7/c1-33(2)49(58-53(65)67-8)50(63)42-15-12-10-11-14-39(42)32-60-29-27-38-30-36(18-24-45(38)60)46-25-26-47(62(46)40-19-21-41(22-20-40)69-35(5)6)37-17-23-43-44(31-37)57-51(56-43)48-16-13-28-61(48)52(64)55(7,34(3)4)59-54(66)68-9/h17-24,30-31,33-35,39,42,46-49H,10-16,25-29,32H2,1-9H3,(H,56,57)(H,58,65)(H,59,66)/t39-,42+,46+,47+,48-,49-,55+/m0/s1.